The molecule has 6 heteroatoms. The van der Waals surface area contributed by atoms with Gasteiger partial charge in [0, 0.05) is 19.3 Å². The summed E-state index contributed by atoms with van der Waals surface area (Å²) in [5.41, 5.74) is 0. The van der Waals surface area contributed by atoms with E-state index in [0.29, 0.717) is 19.3 Å². The van der Waals surface area contributed by atoms with Crippen molar-refractivity contribution in [1.29, 1.82) is 0 Å². The molecule has 0 radical (unpaired) electrons. The van der Waals surface area contributed by atoms with Crippen molar-refractivity contribution in [2.24, 2.45) is 0 Å². The van der Waals surface area contributed by atoms with Crippen molar-refractivity contribution in [3.8, 4) is 0 Å². The average molecular weight is 921 g/mol. The van der Waals surface area contributed by atoms with Gasteiger partial charge in [-0.25, -0.2) is 0 Å². The highest BCUT2D eigenvalue weighted by atomic mass is 16.6. The van der Waals surface area contributed by atoms with Gasteiger partial charge in [-0.15, -0.1) is 0 Å². The summed E-state index contributed by atoms with van der Waals surface area (Å²) in [7, 11) is 0. The molecule has 380 valence electrons. The SMILES string of the molecule is CC/C=C\C/C=C\C/C=C\C/C=C\C/C=C\C/C=C\CCCCCCC(=O)OCC(COC(=O)CCCCCCCCCCCCC)OC(=O)CCCCCCCCCCCCCCCC. The van der Waals surface area contributed by atoms with E-state index in [2.05, 4.69) is 93.7 Å². The Morgan fingerprint density at radius 2 is 0.591 bits per heavy atom. The molecule has 6 nitrogen and oxygen atoms in total. The van der Waals surface area contributed by atoms with Crippen LogP contribution in [-0.2, 0) is 28.6 Å². The van der Waals surface area contributed by atoms with Gasteiger partial charge in [-0.3, -0.25) is 14.4 Å². The van der Waals surface area contributed by atoms with Gasteiger partial charge >= 0.3 is 17.9 Å². The van der Waals surface area contributed by atoms with Crippen LogP contribution >= 0.6 is 0 Å². The summed E-state index contributed by atoms with van der Waals surface area (Å²) in [6.07, 6.45) is 68.9. The summed E-state index contributed by atoms with van der Waals surface area (Å²) in [4.78, 5) is 38.0. The van der Waals surface area contributed by atoms with Gasteiger partial charge in [-0.1, -0.05) is 254 Å². The van der Waals surface area contributed by atoms with Gasteiger partial charge in [0.25, 0.3) is 0 Å². The van der Waals surface area contributed by atoms with Crippen LogP contribution < -0.4 is 0 Å². The zero-order valence-corrected chi connectivity index (χ0v) is 43.4. The molecule has 0 heterocycles. The second-order valence-electron chi connectivity index (χ2n) is 18.5. The fourth-order valence-electron chi connectivity index (χ4n) is 7.80. The molecule has 1 atom stereocenters. The third-order valence-corrected chi connectivity index (χ3v) is 12.0. The maximum absolute atomic E-state index is 12.8. The summed E-state index contributed by atoms with van der Waals surface area (Å²) in [5, 5.41) is 0. The summed E-state index contributed by atoms with van der Waals surface area (Å²) in [5.74, 6) is -0.898. The Morgan fingerprint density at radius 3 is 0.924 bits per heavy atom. The first-order valence-electron chi connectivity index (χ1n) is 27.9. The maximum Gasteiger partial charge on any atom is 0.306 e. The molecule has 0 spiro atoms. The Kier molecular flexibility index (Phi) is 51.9. The smallest absolute Gasteiger partial charge is 0.306 e. The summed E-state index contributed by atoms with van der Waals surface area (Å²) >= 11 is 0. The molecule has 0 aliphatic heterocycles. The van der Waals surface area contributed by atoms with Gasteiger partial charge < -0.3 is 14.2 Å². The Balaban J connectivity index is 4.36. The van der Waals surface area contributed by atoms with Gasteiger partial charge in [0.2, 0.25) is 0 Å². The lowest BCUT2D eigenvalue weighted by atomic mass is 10.0. The molecule has 66 heavy (non-hydrogen) atoms. The fourth-order valence-corrected chi connectivity index (χ4v) is 7.80. The van der Waals surface area contributed by atoms with Crippen LogP contribution in [-0.4, -0.2) is 37.2 Å². The lowest BCUT2D eigenvalue weighted by molar-refractivity contribution is -0.167. The first-order valence-corrected chi connectivity index (χ1v) is 27.9. The topological polar surface area (TPSA) is 78.9 Å². The number of allylic oxidation sites excluding steroid dienone is 12. The molecule has 0 fully saturated rings. The van der Waals surface area contributed by atoms with Gasteiger partial charge in [-0.05, 0) is 70.6 Å². The van der Waals surface area contributed by atoms with Crippen LogP contribution in [0.4, 0.5) is 0 Å². The van der Waals surface area contributed by atoms with Crippen LogP contribution in [0.25, 0.3) is 0 Å². The first kappa shape index (κ1) is 62.8. The predicted molar refractivity (Wildman–Crippen MR) is 284 cm³/mol. The highest BCUT2D eigenvalue weighted by molar-refractivity contribution is 5.71. The number of rotatable bonds is 50. The van der Waals surface area contributed by atoms with E-state index in [9.17, 15) is 14.4 Å². The van der Waals surface area contributed by atoms with Crippen LogP contribution in [0.3, 0.4) is 0 Å². The number of hydrogen-bond donors (Lipinski definition) is 0. The van der Waals surface area contributed by atoms with Crippen molar-refractivity contribution in [3.63, 3.8) is 0 Å². The monoisotopic (exact) mass is 921 g/mol. The molecule has 0 saturated carbocycles. The van der Waals surface area contributed by atoms with Crippen LogP contribution in [0.1, 0.15) is 271 Å². The number of unbranched alkanes of at least 4 members (excludes halogenated alkanes) is 27. The molecule has 0 amide bonds. The van der Waals surface area contributed by atoms with E-state index in [1.54, 1.807) is 0 Å². The molecule has 1 unspecified atom stereocenters. The number of esters is 3. The standard InChI is InChI=1S/C60H104O6/c1-4-7-10-13-16-19-22-24-26-27-28-29-30-31-32-33-34-36-38-41-44-47-50-53-59(62)65-56-57(55-64-58(61)52-49-46-43-40-37-21-18-15-12-9-6-3)66-60(63)54-51-48-45-42-39-35-25-23-20-17-14-11-8-5-2/h7,10,16,19,24,26,28-29,31-32,34,36,57H,4-6,8-9,11-15,17-18,20-23,25,27,30,33,35,37-56H2,1-3H3/b10-7-,19-16-,26-24-,29-28-,32-31-,36-34-. The van der Waals surface area contributed by atoms with Crippen LogP contribution in [0.2, 0.25) is 0 Å². The van der Waals surface area contributed by atoms with Crippen molar-refractivity contribution in [2.75, 3.05) is 13.2 Å². The zero-order chi connectivity index (χ0) is 47.9. The first-order chi connectivity index (χ1) is 32.5. The predicted octanol–water partition coefficient (Wildman–Crippen LogP) is 18.6. The number of ether oxygens (including phenoxy) is 3. The van der Waals surface area contributed by atoms with Crippen LogP contribution in [0.15, 0.2) is 72.9 Å². The van der Waals surface area contributed by atoms with Crippen LogP contribution in [0.5, 0.6) is 0 Å². The molecule has 0 aromatic heterocycles. The Hall–Kier alpha value is -3.15. The molecule has 0 saturated heterocycles. The lowest BCUT2D eigenvalue weighted by Crippen LogP contribution is -2.30. The Labute approximate surface area is 408 Å². The number of carbonyl (C=O) groups excluding carboxylic acids is 3. The van der Waals surface area contributed by atoms with Crippen LogP contribution in [0, 0.1) is 0 Å². The summed E-state index contributed by atoms with van der Waals surface area (Å²) in [6.45, 7) is 6.51. The quantitative estimate of drug-likeness (QED) is 0.0262. The van der Waals surface area contributed by atoms with Crippen molar-refractivity contribution >= 4 is 17.9 Å². The van der Waals surface area contributed by atoms with E-state index in [4.69, 9.17) is 14.2 Å². The molecular weight excluding hydrogens is 817 g/mol. The van der Waals surface area contributed by atoms with E-state index >= 15 is 0 Å². The maximum atomic E-state index is 12.8. The molecular formula is C60H104O6. The van der Waals surface area contributed by atoms with Crippen molar-refractivity contribution < 1.29 is 28.6 Å². The molecule has 0 aliphatic rings. The van der Waals surface area contributed by atoms with E-state index in [-0.39, 0.29) is 31.1 Å². The highest BCUT2D eigenvalue weighted by Crippen LogP contribution is 2.16. The minimum Gasteiger partial charge on any atom is -0.462 e. The molecule has 0 aliphatic carbocycles. The fraction of sp³-hybridized carbons (Fsp3) is 0.750. The molecule has 0 bridgehead atoms. The minimum atomic E-state index is -0.782. The van der Waals surface area contributed by atoms with Crippen molar-refractivity contribution in [2.45, 2.75) is 277 Å². The largest absolute Gasteiger partial charge is 0.462 e. The molecule has 0 aromatic carbocycles. The van der Waals surface area contributed by atoms with Gasteiger partial charge in [-0.2, -0.15) is 0 Å². The summed E-state index contributed by atoms with van der Waals surface area (Å²) in [6, 6.07) is 0. The zero-order valence-electron chi connectivity index (χ0n) is 43.4. The number of carbonyl (C=O) groups is 3. The highest BCUT2D eigenvalue weighted by Gasteiger charge is 2.19. The molecule has 0 rings (SSSR count). The van der Waals surface area contributed by atoms with Gasteiger partial charge in [0.1, 0.15) is 13.2 Å². The van der Waals surface area contributed by atoms with E-state index in [1.807, 2.05) is 0 Å². The Morgan fingerprint density at radius 1 is 0.318 bits per heavy atom. The van der Waals surface area contributed by atoms with E-state index < -0.39 is 6.10 Å². The second kappa shape index (κ2) is 54.5. The Bertz CT molecular complexity index is 1240. The lowest BCUT2D eigenvalue weighted by Gasteiger charge is -2.18. The van der Waals surface area contributed by atoms with E-state index in [0.717, 1.165) is 109 Å². The van der Waals surface area contributed by atoms with E-state index in [1.165, 1.54) is 122 Å². The normalized spacial score (nSPS) is 12.6. The molecule has 0 aromatic rings. The minimum absolute atomic E-state index is 0.0801. The second-order valence-corrected chi connectivity index (χ2v) is 18.5. The van der Waals surface area contributed by atoms with Crippen molar-refractivity contribution in [1.82, 2.24) is 0 Å². The summed E-state index contributed by atoms with van der Waals surface area (Å²) < 4.78 is 16.8. The molecule has 0 N–H and O–H groups in total. The van der Waals surface area contributed by atoms with Crippen molar-refractivity contribution in [3.05, 3.63) is 72.9 Å². The third-order valence-electron chi connectivity index (χ3n) is 12.0. The number of hydrogen-bond acceptors (Lipinski definition) is 6. The third kappa shape index (κ3) is 51.8. The average Bonchev–Trinajstić information content (AvgIpc) is 3.31. The van der Waals surface area contributed by atoms with Gasteiger partial charge in [0.05, 0.1) is 0 Å². The van der Waals surface area contributed by atoms with Gasteiger partial charge in [0.15, 0.2) is 6.10 Å².